The second kappa shape index (κ2) is 8.01. The Bertz CT molecular complexity index is 178. The van der Waals surface area contributed by atoms with Crippen LogP contribution in [-0.4, -0.2) is 50.2 Å². The molecule has 3 atom stereocenters. The van der Waals surface area contributed by atoms with Crippen LogP contribution in [0.2, 0.25) is 0 Å². The van der Waals surface area contributed by atoms with Crippen molar-refractivity contribution < 1.29 is 14.6 Å². The number of aliphatic hydroxyl groups excluding tert-OH is 1. The second-order valence-corrected chi connectivity index (χ2v) is 4.44. The van der Waals surface area contributed by atoms with Crippen LogP contribution in [0.4, 0.5) is 0 Å². The predicted molar refractivity (Wildman–Crippen MR) is 63.6 cm³/mol. The number of ether oxygens (including phenoxy) is 2. The summed E-state index contributed by atoms with van der Waals surface area (Å²) in [6.45, 7) is 3.94. The number of nitrogens with one attached hydrogen (secondary N) is 1. The summed E-state index contributed by atoms with van der Waals surface area (Å²) in [5, 5.41) is 12.7. The molecule has 0 radical (unpaired) electrons. The highest BCUT2D eigenvalue weighted by molar-refractivity contribution is 4.74. The quantitative estimate of drug-likeness (QED) is 0.684. The molecule has 16 heavy (non-hydrogen) atoms. The monoisotopic (exact) mass is 231 g/mol. The number of methoxy groups -OCH3 is 1. The first kappa shape index (κ1) is 13.9. The van der Waals surface area contributed by atoms with Gasteiger partial charge in [0.2, 0.25) is 0 Å². The van der Waals surface area contributed by atoms with Crippen LogP contribution < -0.4 is 5.32 Å². The lowest BCUT2D eigenvalue weighted by Gasteiger charge is -2.28. The maximum Gasteiger partial charge on any atom is 0.0897 e. The minimum Gasteiger partial charge on any atom is -0.389 e. The molecule has 4 nitrogen and oxygen atoms in total. The Hall–Kier alpha value is -0.160. The largest absolute Gasteiger partial charge is 0.389 e. The minimum absolute atomic E-state index is 0.259. The Kier molecular flexibility index (Phi) is 6.96. The molecule has 0 spiro atoms. The number of likely N-dealkylation sites (N-methyl/N-ethyl adjacent to an activating group) is 1. The number of hydrogen-bond acceptors (Lipinski definition) is 4. The summed E-state index contributed by atoms with van der Waals surface area (Å²) < 4.78 is 11.0. The molecule has 1 aliphatic carbocycles. The SMILES string of the molecule is CCNCC(O)COC1CCCC(OC)C1. The van der Waals surface area contributed by atoms with Crippen LogP contribution in [0.3, 0.4) is 0 Å². The van der Waals surface area contributed by atoms with E-state index >= 15 is 0 Å². The van der Waals surface area contributed by atoms with Crippen molar-refractivity contribution in [1.29, 1.82) is 0 Å². The Morgan fingerprint density at radius 1 is 1.38 bits per heavy atom. The van der Waals surface area contributed by atoms with Crippen molar-refractivity contribution in [2.75, 3.05) is 26.8 Å². The molecular formula is C12H25NO3. The Labute approximate surface area is 98.3 Å². The van der Waals surface area contributed by atoms with E-state index in [1.807, 2.05) is 6.92 Å². The highest BCUT2D eigenvalue weighted by atomic mass is 16.5. The van der Waals surface area contributed by atoms with E-state index in [4.69, 9.17) is 9.47 Å². The van der Waals surface area contributed by atoms with Crippen molar-refractivity contribution in [1.82, 2.24) is 5.32 Å². The molecular weight excluding hydrogens is 206 g/mol. The van der Waals surface area contributed by atoms with Crippen molar-refractivity contribution >= 4 is 0 Å². The van der Waals surface area contributed by atoms with Crippen LogP contribution in [0.25, 0.3) is 0 Å². The van der Waals surface area contributed by atoms with Crippen molar-refractivity contribution in [3.63, 3.8) is 0 Å². The van der Waals surface area contributed by atoms with Gasteiger partial charge in [0.15, 0.2) is 0 Å². The maximum absolute atomic E-state index is 9.62. The van der Waals surface area contributed by atoms with Gasteiger partial charge < -0.3 is 19.9 Å². The van der Waals surface area contributed by atoms with E-state index in [9.17, 15) is 5.11 Å². The van der Waals surface area contributed by atoms with Crippen LogP contribution in [0, 0.1) is 0 Å². The van der Waals surface area contributed by atoms with Crippen molar-refractivity contribution in [3.8, 4) is 0 Å². The lowest BCUT2D eigenvalue weighted by atomic mass is 9.95. The normalized spacial score (nSPS) is 27.9. The average molecular weight is 231 g/mol. The van der Waals surface area contributed by atoms with Gasteiger partial charge in [0, 0.05) is 13.7 Å². The summed E-state index contributed by atoms with van der Waals surface area (Å²) >= 11 is 0. The molecule has 0 amide bonds. The molecule has 0 aromatic heterocycles. The fourth-order valence-electron chi connectivity index (χ4n) is 2.08. The lowest BCUT2D eigenvalue weighted by Crippen LogP contribution is -2.34. The summed E-state index contributed by atoms with van der Waals surface area (Å²) in [5.74, 6) is 0. The molecule has 3 unspecified atom stereocenters. The first-order valence-electron chi connectivity index (χ1n) is 6.29. The second-order valence-electron chi connectivity index (χ2n) is 4.44. The molecule has 0 bridgehead atoms. The molecule has 4 heteroatoms. The highest BCUT2D eigenvalue weighted by Crippen LogP contribution is 2.22. The summed E-state index contributed by atoms with van der Waals surface area (Å²) in [6.07, 6.45) is 4.54. The smallest absolute Gasteiger partial charge is 0.0897 e. The van der Waals surface area contributed by atoms with E-state index in [2.05, 4.69) is 5.32 Å². The molecule has 1 rings (SSSR count). The van der Waals surface area contributed by atoms with Crippen molar-refractivity contribution in [2.24, 2.45) is 0 Å². The van der Waals surface area contributed by atoms with Crippen molar-refractivity contribution in [3.05, 3.63) is 0 Å². The zero-order chi connectivity index (χ0) is 11.8. The summed E-state index contributed by atoms with van der Waals surface area (Å²) in [4.78, 5) is 0. The molecule has 0 aromatic carbocycles. The maximum atomic E-state index is 9.62. The summed E-state index contributed by atoms with van der Waals surface area (Å²) in [5.41, 5.74) is 0. The minimum atomic E-state index is -0.400. The van der Waals surface area contributed by atoms with Gasteiger partial charge in [-0.25, -0.2) is 0 Å². The van der Waals surface area contributed by atoms with Gasteiger partial charge in [-0.2, -0.15) is 0 Å². The number of aliphatic hydroxyl groups is 1. The molecule has 0 saturated heterocycles. The van der Waals surface area contributed by atoms with Gasteiger partial charge in [0.25, 0.3) is 0 Å². The molecule has 96 valence electrons. The first-order chi connectivity index (χ1) is 7.76. The average Bonchev–Trinajstić information content (AvgIpc) is 2.34. The summed E-state index contributed by atoms with van der Waals surface area (Å²) in [7, 11) is 1.76. The topological polar surface area (TPSA) is 50.7 Å². The molecule has 2 N–H and O–H groups in total. The van der Waals surface area contributed by atoms with E-state index in [1.54, 1.807) is 7.11 Å². The van der Waals surface area contributed by atoms with E-state index in [-0.39, 0.29) is 6.10 Å². The first-order valence-corrected chi connectivity index (χ1v) is 6.29. The van der Waals surface area contributed by atoms with Crippen molar-refractivity contribution in [2.45, 2.75) is 50.9 Å². The highest BCUT2D eigenvalue weighted by Gasteiger charge is 2.22. The van der Waals surface area contributed by atoms with Gasteiger partial charge in [-0.1, -0.05) is 6.92 Å². The van der Waals surface area contributed by atoms with E-state index in [0.29, 0.717) is 19.3 Å². The van der Waals surface area contributed by atoms with Gasteiger partial charge in [0.1, 0.15) is 0 Å². The third-order valence-electron chi connectivity index (χ3n) is 3.07. The fourth-order valence-corrected chi connectivity index (χ4v) is 2.08. The van der Waals surface area contributed by atoms with E-state index in [0.717, 1.165) is 32.2 Å². The van der Waals surface area contributed by atoms with Crippen LogP contribution in [0.5, 0.6) is 0 Å². The Morgan fingerprint density at radius 3 is 2.81 bits per heavy atom. The molecule has 1 aliphatic rings. The summed E-state index contributed by atoms with van der Waals surface area (Å²) in [6, 6.07) is 0. The lowest BCUT2D eigenvalue weighted by molar-refractivity contribution is -0.0556. The predicted octanol–water partition coefficient (Wildman–Crippen LogP) is 0.931. The van der Waals surface area contributed by atoms with Gasteiger partial charge in [-0.05, 0) is 32.2 Å². The Balaban J connectivity index is 2.11. The fraction of sp³-hybridized carbons (Fsp3) is 1.00. The van der Waals surface area contributed by atoms with Crippen LogP contribution in [0.15, 0.2) is 0 Å². The van der Waals surface area contributed by atoms with Crippen LogP contribution in [0.1, 0.15) is 32.6 Å². The van der Waals surface area contributed by atoms with Gasteiger partial charge in [-0.15, -0.1) is 0 Å². The van der Waals surface area contributed by atoms with Crippen LogP contribution >= 0.6 is 0 Å². The van der Waals surface area contributed by atoms with Gasteiger partial charge in [0.05, 0.1) is 24.9 Å². The van der Waals surface area contributed by atoms with E-state index < -0.39 is 6.10 Å². The zero-order valence-corrected chi connectivity index (χ0v) is 10.4. The third kappa shape index (κ3) is 5.25. The third-order valence-corrected chi connectivity index (χ3v) is 3.07. The number of hydrogen-bond donors (Lipinski definition) is 2. The van der Waals surface area contributed by atoms with Gasteiger partial charge in [-0.3, -0.25) is 0 Å². The van der Waals surface area contributed by atoms with Crippen LogP contribution in [-0.2, 0) is 9.47 Å². The molecule has 0 aromatic rings. The zero-order valence-electron chi connectivity index (χ0n) is 10.4. The van der Waals surface area contributed by atoms with Gasteiger partial charge >= 0.3 is 0 Å². The molecule has 0 heterocycles. The molecule has 0 aliphatic heterocycles. The number of rotatable bonds is 7. The van der Waals surface area contributed by atoms with E-state index in [1.165, 1.54) is 0 Å². The standard InChI is InChI=1S/C12H25NO3/c1-3-13-8-10(14)9-16-12-6-4-5-11(7-12)15-2/h10-14H,3-9H2,1-2H3. The molecule has 1 saturated carbocycles. The molecule has 1 fully saturated rings. The Morgan fingerprint density at radius 2 is 2.12 bits per heavy atom.